The van der Waals surface area contributed by atoms with Gasteiger partial charge >= 0.3 is 0 Å². The molecular formula is C18H22ClN3O2S. The molecule has 0 saturated carbocycles. The van der Waals surface area contributed by atoms with Gasteiger partial charge in [0.2, 0.25) is 0 Å². The molecule has 1 aliphatic heterocycles. The number of aromatic nitrogens is 1. The Labute approximate surface area is 156 Å². The molecule has 1 aromatic heterocycles. The van der Waals surface area contributed by atoms with Crippen molar-refractivity contribution in [2.45, 2.75) is 32.1 Å². The van der Waals surface area contributed by atoms with Gasteiger partial charge in [-0.05, 0) is 56.5 Å². The van der Waals surface area contributed by atoms with Crippen molar-refractivity contribution in [3.63, 3.8) is 0 Å². The van der Waals surface area contributed by atoms with E-state index in [-0.39, 0.29) is 5.91 Å². The number of benzene rings is 1. The van der Waals surface area contributed by atoms with Crippen LogP contribution in [0.25, 0.3) is 0 Å². The molecule has 7 heteroatoms. The number of amides is 1. The molecule has 1 aliphatic rings. The monoisotopic (exact) mass is 379 g/mol. The zero-order chi connectivity index (χ0) is 17.6. The van der Waals surface area contributed by atoms with Crippen LogP contribution in [0.3, 0.4) is 0 Å². The van der Waals surface area contributed by atoms with Crippen molar-refractivity contribution in [1.29, 1.82) is 0 Å². The van der Waals surface area contributed by atoms with Gasteiger partial charge in [0.15, 0.2) is 5.13 Å². The first kappa shape index (κ1) is 18.2. The van der Waals surface area contributed by atoms with Gasteiger partial charge in [0.05, 0.1) is 12.2 Å². The lowest BCUT2D eigenvalue weighted by molar-refractivity contribution is 0.102. The summed E-state index contributed by atoms with van der Waals surface area (Å²) in [6, 6.07) is 5.08. The highest BCUT2D eigenvalue weighted by Gasteiger charge is 2.19. The standard InChI is InChI=1S/C18H22ClN3O2S/c1-2-9-24-15-4-3-13(19)10-14(15)17(23)22-18-21-11-16(25-18)12-5-7-20-8-6-12/h3-4,10-12,20H,2,5-9H2,1H3,(H,21,22,23). The van der Waals surface area contributed by atoms with E-state index in [0.717, 1.165) is 32.4 Å². The van der Waals surface area contributed by atoms with Gasteiger partial charge in [0.1, 0.15) is 5.75 Å². The van der Waals surface area contributed by atoms with Crippen LogP contribution >= 0.6 is 22.9 Å². The number of halogens is 1. The second-order valence-corrected chi connectivity index (χ2v) is 7.53. The van der Waals surface area contributed by atoms with Crippen molar-refractivity contribution in [3.8, 4) is 5.75 Å². The Morgan fingerprint density at radius 2 is 2.24 bits per heavy atom. The first-order valence-corrected chi connectivity index (χ1v) is 9.77. The van der Waals surface area contributed by atoms with Crippen molar-refractivity contribution in [2.24, 2.45) is 0 Å². The lowest BCUT2D eigenvalue weighted by Gasteiger charge is -2.20. The van der Waals surface area contributed by atoms with Gasteiger partial charge in [0.25, 0.3) is 5.91 Å². The van der Waals surface area contributed by atoms with Crippen LogP contribution in [0.1, 0.15) is 47.3 Å². The maximum Gasteiger partial charge on any atom is 0.261 e. The third-order valence-electron chi connectivity index (χ3n) is 4.13. The molecule has 0 spiro atoms. The fourth-order valence-electron chi connectivity index (χ4n) is 2.82. The second-order valence-electron chi connectivity index (χ2n) is 6.04. The molecule has 25 heavy (non-hydrogen) atoms. The lowest BCUT2D eigenvalue weighted by atomic mass is 9.97. The van der Waals surface area contributed by atoms with Gasteiger partial charge in [-0.25, -0.2) is 4.98 Å². The van der Waals surface area contributed by atoms with Crippen molar-refractivity contribution in [2.75, 3.05) is 25.0 Å². The molecule has 3 rings (SSSR count). The molecule has 0 bridgehead atoms. The van der Waals surface area contributed by atoms with Gasteiger partial charge in [-0.3, -0.25) is 10.1 Å². The third-order valence-corrected chi connectivity index (χ3v) is 5.44. The zero-order valence-electron chi connectivity index (χ0n) is 14.2. The van der Waals surface area contributed by atoms with Gasteiger partial charge < -0.3 is 10.1 Å². The molecule has 1 amide bonds. The predicted octanol–water partition coefficient (Wildman–Crippen LogP) is 4.30. The maximum absolute atomic E-state index is 12.6. The third kappa shape index (κ3) is 4.71. The number of thiazole rings is 1. The number of rotatable bonds is 6. The Balaban J connectivity index is 1.71. The average Bonchev–Trinajstić information content (AvgIpc) is 3.10. The topological polar surface area (TPSA) is 63.2 Å². The first-order valence-electron chi connectivity index (χ1n) is 8.57. The second kappa shape index (κ2) is 8.65. The smallest absolute Gasteiger partial charge is 0.261 e. The summed E-state index contributed by atoms with van der Waals surface area (Å²) in [5.41, 5.74) is 0.430. The van der Waals surface area contributed by atoms with E-state index in [2.05, 4.69) is 15.6 Å². The van der Waals surface area contributed by atoms with Crippen molar-refractivity contribution >= 4 is 34.0 Å². The van der Waals surface area contributed by atoms with Crippen molar-refractivity contribution in [1.82, 2.24) is 10.3 Å². The van der Waals surface area contributed by atoms with E-state index < -0.39 is 0 Å². The Hall–Kier alpha value is -1.63. The summed E-state index contributed by atoms with van der Waals surface area (Å²) < 4.78 is 5.66. The summed E-state index contributed by atoms with van der Waals surface area (Å²) in [5, 5.41) is 7.35. The summed E-state index contributed by atoms with van der Waals surface area (Å²) in [7, 11) is 0. The van der Waals surface area contributed by atoms with E-state index in [0.29, 0.717) is 34.0 Å². The molecule has 0 aliphatic carbocycles. The number of nitrogens with one attached hydrogen (secondary N) is 2. The van der Waals surface area contributed by atoms with E-state index in [1.807, 2.05) is 13.1 Å². The zero-order valence-corrected chi connectivity index (χ0v) is 15.8. The minimum Gasteiger partial charge on any atom is -0.493 e. The molecule has 0 atom stereocenters. The number of piperidine rings is 1. The number of anilines is 1. The highest BCUT2D eigenvalue weighted by molar-refractivity contribution is 7.15. The number of carbonyl (C=O) groups is 1. The Morgan fingerprint density at radius 3 is 3.00 bits per heavy atom. The molecule has 134 valence electrons. The summed E-state index contributed by atoms with van der Waals surface area (Å²) >= 11 is 7.59. The SMILES string of the molecule is CCCOc1ccc(Cl)cc1C(=O)Nc1ncc(C2CCNCC2)s1. The summed E-state index contributed by atoms with van der Waals surface area (Å²) in [6.07, 6.45) is 4.97. The molecule has 1 fully saturated rings. The van der Waals surface area contributed by atoms with Gasteiger partial charge in [0, 0.05) is 16.1 Å². The van der Waals surface area contributed by atoms with Crippen LogP contribution < -0.4 is 15.4 Å². The highest BCUT2D eigenvalue weighted by atomic mass is 35.5. The summed E-state index contributed by atoms with van der Waals surface area (Å²) in [6.45, 7) is 4.64. The van der Waals surface area contributed by atoms with E-state index in [1.165, 1.54) is 4.88 Å². The van der Waals surface area contributed by atoms with E-state index in [4.69, 9.17) is 16.3 Å². The van der Waals surface area contributed by atoms with Crippen molar-refractivity contribution in [3.05, 3.63) is 39.9 Å². The Morgan fingerprint density at radius 1 is 1.44 bits per heavy atom. The van der Waals surface area contributed by atoms with E-state index in [9.17, 15) is 4.79 Å². The van der Waals surface area contributed by atoms with E-state index in [1.54, 1.807) is 29.5 Å². The minimum absolute atomic E-state index is 0.250. The van der Waals surface area contributed by atoms with Crippen LogP contribution in [0.4, 0.5) is 5.13 Å². The quantitative estimate of drug-likeness (QED) is 0.785. The number of nitrogens with zero attached hydrogens (tertiary/aromatic N) is 1. The average molecular weight is 380 g/mol. The fourth-order valence-corrected chi connectivity index (χ4v) is 3.97. The molecule has 0 radical (unpaired) electrons. The molecule has 2 aromatic rings. The van der Waals surface area contributed by atoms with Crippen LogP contribution in [0.15, 0.2) is 24.4 Å². The highest BCUT2D eigenvalue weighted by Crippen LogP contribution is 2.32. The maximum atomic E-state index is 12.6. The van der Waals surface area contributed by atoms with Crippen LogP contribution in [0, 0.1) is 0 Å². The predicted molar refractivity (Wildman–Crippen MR) is 102 cm³/mol. The largest absolute Gasteiger partial charge is 0.493 e. The molecule has 0 unspecified atom stereocenters. The number of hydrogen-bond donors (Lipinski definition) is 2. The van der Waals surface area contributed by atoms with Crippen molar-refractivity contribution < 1.29 is 9.53 Å². The number of carbonyl (C=O) groups excluding carboxylic acids is 1. The van der Waals surface area contributed by atoms with Crippen LogP contribution in [-0.2, 0) is 0 Å². The van der Waals surface area contributed by atoms with Crippen LogP contribution in [0.5, 0.6) is 5.75 Å². The molecule has 1 aromatic carbocycles. The molecular weight excluding hydrogens is 358 g/mol. The minimum atomic E-state index is -0.250. The lowest BCUT2D eigenvalue weighted by Crippen LogP contribution is -2.26. The number of hydrogen-bond acceptors (Lipinski definition) is 5. The molecule has 2 heterocycles. The van der Waals surface area contributed by atoms with Crippen LogP contribution in [0.2, 0.25) is 5.02 Å². The normalized spacial score (nSPS) is 15.1. The van der Waals surface area contributed by atoms with Gasteiger partial charge in [-0.1, -0.05) is 18.5 Å². The number of ether oxygens (including phenoxy) is 1. The summed E-state index contributed by atoms with van der Waals surface area (Å²) in [4.78, 5) is 18.2. The molecule has 2 N–H and O–H groups in total. The fraction of sp³-hybridized carbons (Fsp3) is 0.444. The van der Waals surface area contributed by atoms with E-state index >= 15 is 0 Å². The van der Waals surface area contributed by atoms with Gasteiger partial charge in [-0.15, -0.1) is 11.3 Å². The molecule has 5 nitrogen and oxygen atoms in total. The van der Waals surface area contributed by atoms with Crippen LogP contribution in [-0.4, -0.2) is 30.6 Å². The Bertz CT molecular complexity index is 729. The Kier molecular flexibility index (Phi) is 6.29. The molecule has 1 saturated heterocycles. The van der Waals surface area contributed by atoms with Gasteiger partial charge in [-0.2, -0.15) is 0 Å². The first-order chi connectivity index (χ1) is 12.2. The summed E-state index contributed by atoms with van der Waals surface area (Å²) in [5.74, 6) is 0.817.